The zero-order chi connectivity index (χ0) is 14.9. The van der Waals surface area contributed by atoms with Gasteiger partial charge in [0, 0.05) is 12.5 Å². The van der Waals surface area contributed by atoms with Crippen LogP contribution in [0.2, 0.25) is 0 Å². The number of hydrogen-bond donors (Lipinski definition) is 1. The summed E-state index contributed by atoms with van der Waals surface area (Å²) in [4.78, 5) is 4.56. The van der Waals surface area contributed by atoms with E-state index in [9.17, 15) is 8.42 Å². The van der Waals surface area contributed by atoms with Crippen LogP contribution in [0, 0.1) is 0 Å². The van der Waals surface area contributed by atoms with Crippen molar-refractivity contribution in [3.63, 3.8) is 0 Å². The summed E-state index contributed by atoms with van der Waals surface area (Å²) < 4.78 is 28.3. The van der Waals surface area contributed by atoms with Crippen LogP contribution >= 0.6 is 22.7 Å². The van der Waals surface area contributed by atoms with Crippen LogP contribution in [0.3, 0.4) is 0 Å². The molecule has 0 bridgehead atoms. The number of nitrogens with one attached hydrogen (secondary N) is 1. The lowest BCUT2D eigenvalue weighted by Gasteiger charge is -2.09. The van der Waals surface area contributed by atoms with Gasteiger partial charge >= 0.3 is 0 Å². The number of rotatable bonds is 5. The summed E-state index contributed by atoms with van der Waals surface area (Å²) in [6.45, 7) is 2.33. The lowest BCUT2D eigenvalue weighted by molar-refractivity contribution is 0.577. The number of aromatic nitrogens is 1. The highest BCUT2D eigenvalue weighted by Gasteiger charge is 2.18. The Kier molecular flexibility index (Phi) is 4.08. The Morgan fingerprint density at radius 2 is 2.05 bits per heavy atom. The van der Waals surface area contributed by atoms with Crippen molar-refractivity contribution >= 4 is 42.9 Å². The number of benzene rings is 1. The van der Waals surface area contributed by atoms with Gasteiger partial charge in [-0.1, -0.05) is 25.1 Å². The van der Waals surface area contributed by atoms with Crippen LogP contribution in [-0.2, 0) is 10.0 Å². The normalized spacial score (nSPS) is 13.6. The summed E-state index contributed by atoms with van der Waals surface area (Å²) in [6, 6.07) is 11.3. The van der Waals surface area contributed by atoms with Gasteiger partial charge in [-0.15, -0.1) is 22.7 Å². The standard InChI is InChI=1S/C14H14N2O2S3/c1-10(9-15-21(17,18)13-7-4-8-19-13)14-16-11-5-2-3-6-12(11)20-14/h2-8,10,15H,9H2,1H3/t10-/m1/s1. The first-order chi connectivity index (χ1) is 10.1. The first-order valence-corrected chi connectivity index (χ1v) is 9.63. The fraction of sp³-hybridized carbons (Fsp3) is 0.214. The van der Waals surface area contributed by atoms with E-state index >= 15 is 0 Å². The number of sulfonamides is 1. The molecule has 0 aliphatic rings. The molecule has 110 valence electrons. The Morgan fingerprint density at radius 3 is 2.76 bits per heavy atom. The molecule has 3 aromatic rings. The molecule has 0 aliphatic heterocycles. The van der Waals surface area contributed by atoms with Crippen molar-refractivity contribution in [2.75, 3.05) is 6.54 Å². The van der Waals surface area contributed by atoms with E-state index in [1.165, 1.54) is 11.3 Å². The van der Waals surface area contributed by atoms with Gasteiger partial charge < -0.3 is 0 Å². The molecular formula is C14H14N2O2S3. The number of nitrogens with zero attached hydrogens (tertiary/aromatic N) is 1. The van der Waals surface area contributed by atoms with Crippen molar-refractivity contribution < 1.29 is 8.42 Å². The minimum atomic E-state index is -3.40. The molecule has 21 heavy (non-hydrogen) atoms. The quantitative estimate of drug-likeness (QED) is 0.775. The predicted octanol–water partition coefficient (Wildman–Crippen LogP) is 3.44. The van der Waals surface area contributed by atoms with Crippen molar-refractivity contribution in [3.8, 4) is 0 Å². The summed E-state index contributed by atoms with van der Waals surface area (Å²) in [5, 5.41) is 2.70. The molecule has 4 nitrogen and oxygen atoms in total. The van der Waals surface area contributed by atoms with Crippen molar-refractivity contribution in [2.45, 2.75) is 17.1 Å². The van der Waals surface area contributed by atoms with Crippen LogP contribution in [-0.4, -0.2) is 19.9 Å². The topological polar surface area (TPSA) is 59.1 Å². The maximum Gasteiger partial charge on any atom is 0.250 e. The molecule has 2 heterocycles. The second kappa shape index (κ2) is 5.84. The molecule has 0 amide bonds. The molecule has 0 saturated heterocycles. The molecule has 7 heteroatoms. The largest absolute Gasteiger partial charge is 0.250 e. The van der Waals surface area contributed by atoms with Gasteiger partial charge in [-0.2, -0.15) is 0 Å². The third kappa shape index (κ3) is 3.16. The molecule has 0 spiro atoms. The number of thiophene rings is 1. The Hall–Kier alpha value is -1.28. The molecule has 0 fully saturated rings. The van der Waals surface area contributed by atoms with E-state index in [0.717, 1.165) is 15.2 Å². The maximum absolute atomic E-state index is 12.1. The van der Waals surface area contributed by atoms with Gasteiger partial charge in [0.05, 0.1) is 15.2 Å². The van der Waals surface area contributed by atoms with E-state index in [4.69, 9.17) is 0 Å². The molecule has 0 unspecified atom stereocenters. The number of para-hydroxylation sites is 1. The third-order valence-corrected chi connectivity index (χ3v) is 7.16. The SMILES string of the molecule is C[C@H](CNS(=O)(=O)c1cccs1)c1nc2ccccc2s1. The molecule has 0 radical (unpaired) electrons. The van der Waals surface area contributed by atoms with E-state index in [-0.39, 0.29) is 5.92 Å². The summed E-state index contributed by atoms with van der Waals surface area (Å²) in [5.74, 6) is 0.0390. The second-order valence-corrected chi connectivity index (χ2v) is 8.71. The minimum absolute atomic E-state index is 0.0390. The van der Waals surface area contributed by atoms with Crippen LogP contribution in [0.15, 0.2) is 46.0 Å². The van der Waals surface area contributed by atoms with Crippen LogP contribution in [0.5, 0.6) is 0 Å². The Morgan fingerprint density at radius 1 is 1.24 bits per heavy atom. The Labute approximate surface area is 131 Å². The zero-order valence-corrected chi connectivity index (χ0v) is 13.8. The molecule has 1 aromatic carbocycles. The number of hydrogen-bond acceptors (Lipinski definition) is 5. The first kappa shape index (κ1) is 14.6. The van der Waals surface area contributed by atoms with Gasteiger partial charge in [-0.25, -0.2) is 18.1 Å². The van der Waals surface area contributed by atoms with Gasteiger partial charge in [0.1, 0.15) is 4.21 Å². The minimum Gasteiger partial charge on any atom is -0.241 e. The summed E-state index contributed by atoms with van der Waals surface area (Å²) in [7, 11) is -3.40. The molecule has 2 aromatic heterocycles. The van der Waals surface area contributed by atoms with E-state index in [2.05, 4.69) is 9.71 Å². The second-order valence-electron chi connectivity index (χ2n) is 4.70. The van der Waals surface area contributed by atoms with Crippen LogP contribution in [0.4, 0.5) is 0 Å². The maximum atomic E-state index is 12.1. The highest BCUT2D eigenvalue weighted by Crippen LogP contribution is 2.27. The lowest BCUT2D eigenvalue weighted by atomic mass is 10.2. The zero-order valence-electron chi connectivity index (χ0n) is 11.3. The summed E-state index contributed by atoms with van der Waals surface area (Å²) in [6.07, 6.45) is 0. The van der Waals surface area contributed by atoms with Crippen molar-refractivity contribution in [1.82, 2.24) is 9.71 Å². The van der Waals surface area contributed by atoms with Crippen LogP contribution in [0.25, 0.3) is 10.2 Å². The van der Waals surface area contributed by atoms with E-state index in [0.29, 0.717) is 10.8 Å². The number of thiazole rings is 1. The predicted molar refractivity (Wildman–Crippen MR) is 87.5 cm³/mol. The lowest BCUT2D eigenvalue weighted by Crippen LogP contribution is -2.27. The Balaban J connectivity index is 1.73. The van der Waals surface area contributed by atoms with Crippen LogP contribution < -0.4 is 4.72 Å². The van der Waals surface area contributed by atoms with Crippen molar-refractivity contribution in [2.24, 2.45) is 0 Å². The Bertz CT molecular complexity index is 805. The average Bonchev–Trinajstić information content (AvgIpc) is 3.13. The van der Waals surface area contributed by atoms with Crippen molar-refractivity contribution in [3.05, 3.63) is 46.8 Å². The summed E-state index contributed by atoms with van der Waals surface area (Å²) >= 11 is 2.83. The first-order valence-electron chi connectivity index (χ1n) is 6.45. The highest BCUT2D eigenvalue weighted by molar-refractivity contribution is 7.91. The molecule has 0 saturated carbocycles. The molecular weight excluding hydrogens is 324 g/mol. The smallest absolute Gasteiger partial charge is 0.241 e. The van der Waals surface area contributed by atoms with Crippen molar-refractivity contribution in [1.29, 1.82) is 0 Å². The highest BCUT2D eigenvalue weighted by atomic mass is 32.2. The van der Waals surface area contributed by atoms with Gasteiger partial charge in [-0.3, -0.25) is 0 Å². The molecule has 3 rings (SSSR count). The van der Waals surface area contributed by atoms with Gasteiger partial charge in [0.15, 0.2) is 0 Å². The van der Waals surface area contributed by atoms with Gasteiger partial charge in [0.2, 0.25) is 10.0 Å². The van der Waals surface area contributed by atoms with E-state index < -0.39 is 10.0 Å². The van der Waals surface area contributed by atoms with E-state index in [1.54, 1.807) is 28.8 Å². The molecule has 0 aliphatic carbocycles. The van der Waals surface area contributed by atoms with E-state index in [1.807, 2.05) is 31.2 Å². The molecule has 1 atom stereocenters. The average molecular weight is 338 g/mol. The fourth-order valence-electron chi connectivity index (χ4n) is 1.91. The van der Waals surface area contributed by atoms with Gasteiger partial charge in [-0.05, 0) is 23.6 Å². The third-order valence-electron chi connectivity index (χ3n) is 3.07. The van der Waals surface area contributed by atoms with Gasteiger partial charge in [0.25, 0.3) is 0 Å². The van der Waals surface area contributed by atoms with Crippen LogP contribution in [0.1, 0.15) is 17.8 Å². The number of fused-ring (bicyclic) bond motifs is 1. The molecule has 1 N–H and O–H groups in total. The fourth-order valence-corrected chi connectivity index (χ4v) is 5.10. The summed E-state index contributed by atoms with van der Waals surface area (Å²) in [5.41, 5.74) is 0.963. The monoisotopic (exact) mass is 338 g/mol.